The van der Waals surface area contributed by atoms with Gasteiger partial charge in [0.15, 0.2) is 17.5 Å². The molecule has 3 atom stereocenters. The van der Waals surface area contributed by atoms with Crippen molar-refractivity contribution in [2.45, 2.75) is 71.0 Å². The first-order valence-corrected chi connectivity index (χ1v) is 12.4. The van der Waals surface area contributed by atoms with Crippen molar-refractivity contribution in [3.8, 4) is 0 Å². The van der Waals surface area contributed by atoms with Gasteiger partial charge in [0.2, 0.25) is 16.0 Å². The van der Waals surface area contributed by atoms with Crippen LogP contribution in [0.25, 0.3) is 0 Å². The van der Waals surface area contributed by atoms with Crippen LogP contribution in [-0.4, -0.2) is 63.8 Å². The second-order valence-corrected chi connectivity index (χ2v) is 10.7. The number of nitrogens with one attached hydrogen (secondary N) is 2. The van der Waals surface area contributed by atoms with Crippen molar-refractivity contribution >= 4 is 27.6 Å². The molecule has 0 aromatic carbocycles. The summed E-state index contributed by atoms with van der Waals surface area (Å²) < 4.78 is 41.7. The topological polar surface area (TPSA) is 107 Å². The summed E-state index contributed by atoms with van der Waals surface area (Å²) in [5.74, 6) is 0.590. The lowest BCUT2D eigenvalue weighted by molar-refractivity contribution is 0.109. The maximum atomic E-state index is 14.7. The fourth-order valence-corrected chi connectivity index (χ4v) is 6.37. The molecule has 2 saturated heterocycles. The normalized spacial score (nSPS) is 24.2. The number of hydrogen-bond donors (Lipinski definition) is 2. The van der Waals surface area contributed by atoms with E-state index in [1.54, 1.807) is 24.2 Å². The third-order valence-electron chi connectivity index (χ3n) is 6.39. The second-order valence-electron chi connectivity index (χ2n) is 8.54. The third kappa shape index (κ3) is 4.25. The lowest BCUT2D eigenvalue weighted by atomic mass is 9.83. The average Bonchev–Trinajstić information content (AvgIpc) is 3.14. The number of rotatable bonds is 6. The molecule has 1 unspecified atom stereocenters. The molecule has 9 nitrogen and oxygen atoms in total. The van der Waals surface area contributed by atoms with E-state index in [9.17, 15) is 12.8 Å². The smallest absolute Gasteiger partial charge is 0.227 e. The van der Waals surface area contributed by atoms with Crippen LogP contribution in [0, 0.1) is 19.7 Å². The van der Waals surface area contributed by atoms with Crippen molar-refractivity contribution in [3.63, 3.8) is 0 Å². The number of aromatic nitrogens is 4. The van der Waals surface area contributed by atoms with Crippen LogP contribution in [0.15, 0.2) is 6.07 Å². The number of H-pyrrole nitrogens is 1. The van der Waals surface area contributed by atoms with Crippen molar-refractivity contribution in [1.29, 1.82) is 0 Å². The molecule has 4 rings (SSSR count). The summed E-state index contributed by atoms with van der Waals surface area (Å²) in [5.41, 5.74) is 1.10. The van der Waals surface area contributed by atoms with E-state index in [0.29, 0.717) is 24.6 Å². The minimum Gasteiger partial charge on any atom is -0.341 e. The standard InChI is InChI=1S/C20H30FN7O2S/c1-5-31(29,30)28-14-7-6-8-15(28)11-16(10-14)27(4)20-22-13(3)18(21)19(24-20)23-17-9-12(2)25-26-17/h9,14-16H,5-8,10-11H2,1-4H3,(H2,22,23,24,25,26)/t14-,15+,16?. The van der Waals surface area contributed by atoms with Crippen molar-refractivity contribution < 1.29 is 12.8 Å². The fourth-order valence-electron chi connectivity index (χ4n) is 4.78. The van der Waals surface area contributed by atoms with Gasteiger partial charge in [-0.1, -0.05) is 6.42 Å². The molecule has 0 radical (unpaired) electrons. The van der Waals surface area contributed by atoms with E-state index in [1.807, 2.05) is 18.9 Å². The summed E-state index contributed by atoms with van der Waals surface area (Å²) in [7, 11) is -1.33. The van der Waals surface area contributed by atoms with E-state index in [2.05, 4.69) is 25.5 Å². The Balaban J connectivity index is 1.58. The summed E-state index contributed by atoms with van der Waals surface area (Å²) in [4.78, 5) is 10.8. The molecule has 0 aliphatic carbocycles. The van der Waals surface area contributed by atoms with E-state index in [1.165, 1.54) is 0 Å². The number of fused-ring (bicyclic) bond motifs is 2. The van der Waals surface area contributed by atoms with E-state index >= 15 is 0 Å². The molecule has 11 heteroatoms. The number of hydrogen-bond acceptors (Lipinski definition) is 7. The molecule has 0 spiro atoms. The van der Waals surface area contributed by atoms with Crippen LogP contribution in [0.2, 0.25) is 0 Å². The van der Waals surface area contributed by atoms with Gasteiger partial charge in [0.05, 0.1) is 11.4 Å². The summed E-state index contributed by atoms with van der Waals surface area (Å²) in [5, 5.41) is 9.82. The Morgan fingerprint density at radius 3 is 2.52 bits per heavy atom. The van der Waals surface area contributed by atoms with Gasteiger partial charge in [0, 0.05) is 36.9 Å². The molecule has 2 fully saturated rings. The Kier molecular flexibility index (Phi) is 5.91. The molecule has 0 saturated carbocycles. The van der Waals surface area contributed by atoms with Gasteiger partial charge in [-0.05, 0) is 46.5 Å². The minimum absolute atomic E-state index is 0.00364. The molecule has 4 heterocycles. The highest BCUT2D eigenvalue weighted by atomic mass is 32.2. The van der Waals surface area contributed by atoms with Crippen LogP contribution >= 0.6 is 0 Å². The molecule has 170 valence electrons. The summed E-state index contributed by atoms with van der Waals surface area (Å²) in [6.07, 6.45) is 4.22. The fraction of sp³-hybridized carbons (Fsp3) is 0.650. The van der Waals surface area contributed by atoms with Crippen molar-refractivity contribution in [1.82, 2.24) is 24.5 Å². The van der Waals surface area contributed by atoms with E-state index in [0.717, 1.165) is 25.0 Å². The first kappa shape index (κ1) is 21.9. The lowest BCUT2D eigenvalue weighted by Crippen LogP contribution is -2.58. The summed E-state index contributed by atoms with van der Waals surface area (Å²) in [6, 6.07) is 1.85. The number of piperidine rings is 2. The number of aryl methyl sites for hydroxylation is 2. The molecular weight excluding hydrogens is 421 g/mol. The van der Waals surface area contributed by atoms with Crippen LogP contribution in [-0.2, 0) is 10.0 Å². The van der Waals surface area contributed by atoms with Gasteiger partial charge < -0.3 is 10.2 Å². The summed E-state index contributed by atoms with van der Waals surface area (Å²) in [6.45, 7) is 5.18. The van der Waals surface area contributed by atoms with Crippen LogP contribution in [0.4, 0.5) is 22.0 Å². The monoisotopic (exact) mass is 451 g/mol. The zero-order chi connectivity index (χ0) is 22.3. The highest BCUT2D eigenvalue weighted by Gasteiger charge is 2.45. The number of anilines is 3. The van der Waals surface area contributed by atoms with Gasteiger partial charge in [-0.25, -0.2) is 17.8 Å². The Bertz CT molecular complexity index is 1040. The number of sulfonamides is 1. The molecule has 31 heavy (non-hydrogen) atoms. The predicted octanol–water partition coefficient (Wildman–Crippen LogP) is 2.87. The first-order chi connectivity index (χ1) is 14.7. The van der Waals surface area contributed by atoms with E-state index < -0.39 is 15.8 Å². The molecule has 2 aromatic rings. The van der Waals surface area contributed by atoms with Crippen LogP contribution < -0.4 is 10.2 Å². The SMILES string of the molecule is CCS(=O)(=O)N1[C@@H]2CCC[C@H]1CC(N(C)c1nc(C)c(F)c(Nc3cc(C)[nH]n3)n1)C2. The quantitative estimate of drug-likeness (QED) is 0.695. The maximum absolute atomic E-state index is 14.7. The minimum atomic E-state index is -3.23. The Hall–Kier alpha value is -2.27. The van der Waals surface area contributed by atoms with Gasteiger partial charge in [-0.3, -0.25) is 5.10 Å². The highest BCUT2D eigenvalue weighted by molar-refractivity contribution is 7.89. The average molecular weight is 452 g/mol. The highest BCUT2D eigenvalue weighted by Crippen LogP contribution is 2.38. The lowest BCUT2D eigenvalue weighted by Gasteiger charge is -2.49. The molecule has 2 bridgehead atoms. The Labute approximate surface area is 182 Å². The van der Waals surface area contributed by atoms with E-state index in [-0.39, 0.29) is 35.4 Å². The van der Waals surface area contributed by atoms with Gasteiger partial charge >= 0.3 is 0 Å². The molecule has 2 N–H and O–H groups in total. The first-order valence-electron chi connectivity index (χ1n) is 10.8. The number of nitrogens with zero attached hydrogens (tertiary/aromatic N) is 5. The second kappa shape index (κ2) is 8.34. The zero-order valence-electron chi connectivity index (χ0n) is 18.4. The predicted molar refractivity (Wildman–Crippen MR) is 117 cm³/mol. The number of halogens is 1. The number of aromatic amines is 1. The van der Waals surface area contributed by atoms with Gasteiger partial charge in [-0.2, -0.15) is 14.4 Å². The molecule has 2 aliphatic heterocycles. The largest absolute Gasteiger partial charge is 0.341 e. The van der Waals surface area contributed by atoms with Gasteiger partial charge in [0.25, 0.3) is 0 Å². The molecule has 2 aromatic heterocycles. The molecule has 2 aliphatic rings. The maximum Gasteiger partial charge on any atom is 0.227 e. The third-order valence-corrected chi connectivity index (χ3v) is 8.36. The van der Waals surface area contributed by atoms with Crippen molar-refractivity contribution in [3.05, 3.63) is 23.3 Å². The molecule has 0 amide bonds. The van der Waals surface area contributed by atoms with Gasteiger partial charge in [0.1, 0.15) is 0 Å². The summed E-state index contributed by atoms with van der Waals surface area (Å²) >= 11 is 0. The van der Waals surface area contributed by atoms with Crippen LogP contribution in [0.1, 0.15) is 50.4 Å². The van der Waals surface area contributed by atoms with Gasteiger partial charge in [-0.15, -0.1) is 0 Å². The molecular formula is C20H30FN7O2S. The Morgan fingerprint density at radius 1 is 1.26 bits per heavy atom. The van der Waals surface area contributed by atoms with Crippen LogP contribution in [0.3, 0.4) is 0 Å². The van der Waals surface area contributed by atoms with E-state index in [4.69, 9.17) is 0 Å². The zero-order valence-corrected chi connectivity index (χ0v) is 19.2. The van der Waals surface area contributed by atoms with Crippen LogP contribution in [0.5, 0.6) is 0 Å². The van der Waals surface area contributed by atoms with Crippen molar-refractivity contribution in [2.24, 2.45) is 0 Å². The Morgan fingerprint density at radius 2 is 1.94 bits per heavy atom. The van der Waals surface area contributed by atoms with Crippen molar-refractivity contribution in [2.75, 3.05) is 23.0 Å².